The molecule has 0 aromatic carbocycles. The monoisotopic (exact) mass is 205 g/mol. The summed E-state index contributed by atoms with van der Waals surface area (Å²) in [6, 6.07) is 0. The Morgan fingerprint density at radius 1 is 1.38 bits per heavy atom. The predicted octanol–water partition coefficient (Wildman–Crippen LogP) is 2.61. The van der Waals surface area contributed by atoms with E-state index in [9.17, 15) is 4.39 Å². The lowest BCUT2D eigenvalue weighted by Crippen LogP contribution is -2.35. The molecule has 1 saturated carbocycles. The van der Waals surface area contributed by atoms with E-state index in [1.54, 1.807) is 0 Å². The Morgan fingerprint density at radius 3 is 2.62 bits per heavy atom. The zero-order valence-electron chi connectivity index (χ0n) is 8.44. The van der Waals surface area contributed by atoms with Gasteiger partial charge < -0.3 is 5.32 Å². The number of hydrogen-bond donors (Lipinski definition) is 1. The fourth-order valence-electron chi connectivity index (χ4n) is 1.98. The highest BCUT2D eigenvalue weighted by Gasteiger charge is 2.32. The highest BCUT2D eigenvalue weighted by molar-refractivity contribution is 8.00. The molecule has 1 rings (SSSR count). The van der Waals surface area contributed by atoms with Crippen molar-refractivity contribution in [2.45, 2.75) is 36.9 Å². The van der Waals surface area contributed by atoms with Crippen LogP contribution in [0.4, 0.5) is 4.39 Å². The van der Waals surface area contributed by atoms with Crippen LogP contribution in [0.5, 0.6) is 0 Å². The number of halogens is 1. The van der Waals surface area contributed by atoms with E-state index in [4.69, 9.17) is 0 Å². The summed E-state index contributed by atoms with van der Waals surface area (Å²) in [6.45, 7) is 1.70. The summed E-state index contributed by atoms with van der Waals surface area (Å²) in [7, 11) is 0. The largest absolute Gasteiger partial charge is 0.315 e. The summed E-state index contributed by atoms with van der Waals surface area (Å²) >= 11 is 1.98. The number of nitrogens with one attached hydrogen (secondary N) is 1. The van der Waals surface area contributed by atoms with Crippen LogP contribution in [0.1, 0.15) is 32.1 Å². The Balaban J connectivity index is 2.16. The van der Waals surface area contributed by atoms with Crippen molar-refractivity contribution in [1.29, 1.82) is 0 Å². The summed E-state index contributed by atoms with van der Waals surface area (Å²) in [5, 5.41) is 3.36. The molecule has 0 amide bonds. The average Bonchev–Trinajstić information content (AvgIpc) is 2.62. The van der Waals surface area contributed by atoms with E-state index in [0.29, 0.717) is 11.2 Å². The van der Waals surface area contributed by atoms with Gasteiger partial charge in [-0.15, -0.1) is 0 Å². The zero-order valence-corrected chi connectivity index (χ0v) is 9.26. The first kappa shape index (κ1) is 11.3. The molecule has 0 atom stereocenters. The van der Waals surface area contributed by atoms with Crippen molar-refractivity contribution in [2.24, 2.45) is 0 Å². The lowest BCUT2D eigenvalue weighted by molar-refractivity contribution is 0.447. The minimum Gasteiger partial charge on any atom is -0.315 e. The van der Waals surface area contributed by atoms with Gasteiger partial charge in [0.25, 0.3) is 0 Å². The molecule has 0 radical (unpaired) electrons. The molecule has 13 heavy (non-hydrogen) atoms. The van der Waals surface area contributed by atoms with Crippen LogP contribution in [0.15, 0.2) is 0 Å². The summed E-state index contributed by atoms with van der Waals surface area (Å²) in [4.78, 5) is 0. The van der Waals surface area contributed by atoms with Gasteiger partial charge >= 0.3 is 0 Å². The maximum atomic E-state index is 11.8. The molecule has 0 spiro atoms. The molecule has 78 valence electrons. The average molecular weight is 205 g/mol. The van der Waals surface area contributed by atoms with Gasteiger partial charge in [-0.25, -0.2) is 0 Å². The standard InChI is InChI=1S/C10H20FNS/c1-13-10(5-2-3-6-10)9-12-8-4-7-11/h12H,2-9H2,1H3. The molecule has 1 aliphatic rings. The van der Waals surface area contributed by atoms with Crippen LogP contribution in [-0.2, 0) is 0 Å². The predicted molar refractivity (Wildman–Crippen MR) is 58.2 cm³/mol. The van der Waals surface area contributed by atoms with Crippen LogP contribution in [-0.4, -0.2) is 30.8 Å². The van der Waals surface area contributed by atoms with Gasteiger partial charge in [0.2, 0.25) is 0 Å². The molecule has 0 heterocycles. The topological polar surface area (TPSA) is 12.0 Å². The van der Waals surface area contributed by atoms with Crippen LogP contribution in [0, 0.1) is 0 Å². The van der Waals surface area contributed by atoms with Crippen molar-refractivity contribution in [2.75, 3.05) is 26.0 Å². The molecule has 1 aliphatic carbocycles. The minimum absolute atomic E-state index is 0.195. The van der Waals surface area contributed by atoms with E-state index in [1.165, 1.54) is 25.7 Å². The fraction of sp³-hybridized carbons (Fsp3) is 1.00. The Labute approximate surface area is 84.9 Å². The molecule has 1 N–H and O–H groups in total. The minimum atomic E-state index is -0.195. The van der Waals surface area contributed by atoms with Gasteiger partial charge in [-0.3, -0.25) is 4.39 Å². The SMILES string of the molecule is CSC1(CNCCCF)CCCC1. The number of hydrogen-bond acceptors (Lipinski definition) is 2. The maximum absolute atomic E-state index is 11.8. The maximum Gasteiger partial charge on any atom is 0.0906 e. The lowest BCUT2D eigenvalue weighted by atomic mass is 10.1. The molecular formula is C10H20FNS. The Morgan fingerprint density at radius 2 is 2.08 bits per heavy atom. The molecule has 1 fully saturated rings. The van der Waals surface area contributed by atoms with Gasteiger partial charge in [0, 0.05) is 11.3 Å². The molecule has 1 nitrogen and oxygen atoms in total. The number of rotatable bonds is 6. The van der Waals surface area contributed by atoms with Crippen molar-refractivity contribution < 1.29 is 4.39 Å². The van der Waals surface area contributed by atoms with Gasteiger partial charge in [0.1, 0.15) is 0 Å². The summed E-state index contributed by atoms with van der Waals surface area (Å²) < 4.78 is 12.3. The second-order valence-corrected chi connectivity index (χ2v) is 5.09. The third-order valence-electron chi connectivity index (χ3n) is 2.88. The van der Waals surface area contributed by atoms with Crippen LogP contribution in [0.3, 0.4) is 0 Å². The van der Waals surface area contributed by atoms with Gasteiger partial charge in [-0.2, -0.15) is 11.8 Å². The van der Waals surface area contributed by atoms with E-state index >= 15 is 0 Å². The van der Waals surface area contributed by atoms with E-state index in [1.807, 2.05) is 11.8 Å². The van der Waals surface area contributed by atoms with Crippen LogP contribution >= 0.6 is 11.8 Å². The molecule has 0 bridgehead atoms. The highest BCUT2D eigenvalue weighted by atomic mass is 32.2. The molecular weight excluding hydrogens is 185 g/mol. The van der Waals surface area contributed by atoms with Crippen molar-refractivity contribution in [3.05, 3.63) is 0 Å². The normalized spacial score (nSPS) is 20.8. The first-order valence-electron chi connectivity index (χ1n) is 5.15. The fourth-order valence-corrected chi connectivity index (χ4v) is 2.92. The molecule has 0 unspecified atom stereocenters. The van der Waals surface area contributed by atoms with E-state index in [-0.39, 0.29) is 6.67 Å². The lowest BCUT2D eigenvalue weighted by Gasteiger charge is -2.26. The summed E-state index contributed by atoms with van der Waals surface area (Å²) in [5.74, 6) is 0. The van der Waals surface area contributed by atoms with Crippen LogP contribution in [0.25, 0.3) is 0 Å². The van der Waals surface area contributed by atoms with Crippen LogP contribution in [0.2, 0.25) is 0 Å². The second-order valence-electron chi connectivity index (χ2n) is 3.81. The Hall–Kier alpha value is 0.240. The highest BCUT2D eigenvalue weighted by Crippen LogP contribution is 2.39. The van der Waals surface area contributed by atoms with Gasteiger partial charge in [-0.1, -0.05) is 12.8 Å². The Bertz CT molecular complexity index is 135. The third-order valence-corrected chi connectivity index (χ3v) is 4.30. The van der Waals surface area contributed by atoms with Crippen molar-refractivity contribution in [1.82, 2.24) is 5.32 Å². The van der Waals surface area contributed by atoms with E-state index in [0.717, 1.165) is 13.1 Å². The third kappa shape index (κ3) is 3.47. The van der Waals surface area contributed by atoms with Gasteiger partial charge in [-0.05, 0) is 32.1 Å². The van der Waals surface area contributed by atoms with Crippen LogP contribution < -0.4 is 5.32 Å². The summed E-state index contributed by atoms with van der Waals surface area (Å²) in [6.07, 6.45) is 8.25. The smallest absolute Gasteiger partial charge is 0.0906 e. The molecule has 0 aromatic heterocycles. The van der Waals surface area contributed by atoms with Crippen molar-refractivity contribution >= 4 is 11.8 Å². The van der Waals surface area contributed by atoms with E-state index < -0.39 is 0 Å². The second kappa shape index (κ2) is 5.86. The van der Waals surface area contributed by atoms with Gasteiger partial charge in [0.15, 0.2) is 0 Å². The first-order chi connectivity index (χ1) is 6.33. The van der Waals surface area contributed by atoms with E-state index in [2.05, 4.69) is 11.6 Å². The quantitative estimate of drug-likeness (QED) is 0.669. The zero-order chi connectivity index (χ0) is 9.57. The van der Waals surface area contributed by atoms with Crippen molar-refractivity contribution in [3.8, 4) is 0 Å². The Kier molecular flexibility index (Phi) is 5.10. The molecule has 0 aromatic rings. The molecule has 3 heteroatoms. The van der Waals surface area contributed by atoms with Gasteiger partial charge in [0.05, 0.1) is 6.67 Å². The molecule has 0 aliphatic heterocycles. The molecule has 0 saturated heterocycles. The first-order valence-corrected chi connectivity index (χ1v) is 6.37. The number of alkyl halides is 1. The number of thioether (sulfide) groups is 1. The van der Waals surface area contributed by atoms with Crippen molar-refractivity contribution in [3.63, 3.8) is 0 Å². The summed E-state index contributed by atoms with van der Waals surface area (Å²) in [5.41, 5.74) is 0.